The lowest BCUT2D eigenvalue weighted by Gasteiger charge is -2.32. The monoisotopic (exact) mass is 250 g/mol. The second kappa shape index (κ2) is 5.44. The Morgan fingerprint density at radius 1 is 1.25 bits per heavy atom. The predicted molar refractivity (Wildman–Crippen MR) is 63.2 cm³/mol. The van der Waals surface area contributed by atoms with Gasteiger partial charge in [-0.25, -0.2) is 0 Å². The zero-order chi connectivity index (χ0) is 12.3. The summed E-state index contributed by atoms with van der Waals surface area (Å²) >= 11 is 0. The first-order valence-electron chi connectivity index (χ1n) is 5.78. The molecule has 1 rings (SSSR count). The van der Waals surface area contributed by atoms with Gasteiger partial charge in [0.1, 0.15) is 0 Å². The Bertz CT molecular complexity index is 306. The van der Waals surface area contributed by atoms with Crippen LogP contribution < -0.4 is 4.72 Å². The third kappa shape index (κ3) is 3.69. The number of rotatable bonds is 4. The lowest BCUT2D eigenvalue weighted by atomic mass is 9.93. The van der Waals surface area contributed by atoms with E-state index in [0.29, 0.717) is 13.1 Å². The smallest absolute Gasteiger partial charge is 0.279 e. The van der Waals surface area contributed by atoms with E-state index in [-0.39, 0.29) is 18.1 Å². The fraction of sp³-hybridized carbons (Fsp3) is 1.00. The topological polar surface area (TPSA) is 69.6 Å². The Labute approximate surface area is 98.0 Å². The SMILES string of the molecule is CC(C)NS(=O)(=O)N1CCC(C(C)O)CC1. The van der Waals surface area contributed by atoms with Gasteiger partial charge in [0, 0.05) is 19.1 Å². The third-order valence-electron chi connectivity index (χ3n) is 2.91. The van der Waals surface area contributed by atoms with Crippen molar-refractivity contribution in [1.82, 2.24) is 9.03 Å². The molecule has 1 heterocycles. The van der Waals surface area contributed by atoms with Gasteiger partial charge in [-0.05, 0) is 39.5 Å². The van der Waals surface area contributed by atoms with Crippen molar-refractivity contribution in [3.8, 4) is 0 Å². The minimum Gasteiger partial charge on any atom is -0.393 e. The highest BCUT2D eigenvalue weighted by atomic mass is 32.2. The number of hydrogen-bond donors (Lipinski definition) is 2. The second-order valence-electron chi connectivity index (χ2n) is 4.75. The first-order chi connectivity index (χ1) is 7.33. The van der Waals surface area contributed by atoms with Crippen LogP contribution in [0.5, 0.6) is 0 Å². The van der Waals surface area contributed by atoms with Crippen LogP contribution in [-0.4, -0.2) is 43.1 Å². The fourth-order valence-corrected chi connectivity index (χ4v) is 3.41. The summed E-state index contributed by atoms with van der Waals surface area (Å²) in [6.45, 7) is 6.37. The minimum atomic E-state index is -3.33. The van der Waals surface area contributed by atoms with Gasteiger partial charge in [-0.1, -0.05) is 0 Å². The van der Waals surface area contributed by atoms with E-state index in [4.69, 9.17) is 0 Å². The molecule has 1 saturated heterocycles. The number of nitrogens with one attached hydrogen (secondary N) is 1. The van der Waals surface area contributed by atoms with Gasteiger partial charge in [0.15, 0.2) is 0 Å². The number of aliphatic hydroxyl groups excluding tert-OH is 1. The van der Waals surface area contributed by atoms with Crippen molar-refractivity contribution < 1.29 is 13.5 Å². The molecular formula is C10H22N2O3S. The summed E-state index contributed by atoms with van der Waals surface area (Å²) in [6, 6.07) is -0.0838. The Morgan fingerprint density at radius 2 is 1.75 bits per heavy atom. The molecule has 0 spiro atoms. The molecule has 96 valence electrons. The van der Waals surface area contributed by atoms with E-state index in [1.807, 2.05) is 0 Å². The highest BCUT2D eigenvalue weighted by Crippen LogP contribution is 2.21. The van der Waals surface area contributed by atoms with Crippen molar-refractivity contribution in [1.29, 1.82) is 0 Å². The zero-order valence-electron chi connectivity index (χ0n) is 10.2. The molecule has 1 aliphatic rings. The van der Waals surface area contributed by atoms with Crippen LogP contribution in [0.1, 0.15) is 33.6 Å². The Hall–Kier alpha value is -0.170. The third-order valence-corrected chi connectivity index (χ3v) is 4.72. The molecule has 1 aliphatic heterocycles. The normalized spacial score (nSPS) is 22.6. The van der Waals surface area contributed by atoms with Crippen LogP contribution in [0.15, 0.2) is 0 Å². The van der Waals surface area contributed by atoms with E-state index < -0.39 is 10.2 Å². The maximum absolute atomic E-state index is 11.8. The van der Waals surface area contributed by atoms with Crippen LogP contribution in [0.25, 0.3) is 0 Å². The molecule has 0 amide bonds. The van der Waals surface area contributed by atoms with Crippen LogP contribution in [0, 0.1) is 5.92 Å². The Morgan fingerprint density at radius 3 is 2.12 bits per heavy atom. The zero-order valence-corrected chi connectivity index (χ0v) is 11.0. The molecule has 0 aromatic rings. The van der Waals surface area contributed by atoms with Gasteiger partial charge in [0.2, 0.25) is 0 Å². The molecule has 6 heteroatoms. The Balaban J connectivity index is 2.53. The van der Waals surface area contributed by atoms with Crippen LogP contribution >= 0.6 is 0 Å². The molecule has 0 aromatic heterocycles. The van der Waals surface area contributed by atoms with Crippen molar-refractivity contribution in [2.24, 2.45) is 5.92 Å². The van der Waals surface area contributed by atoms with Gasteiger partial charge < -0.3 is 5.11 Å². The standard InChI is InChI=1S/C10H22N2O3S/c1-8(2)11-16(14,15)12-6-4-10(5-7-12)9(3)13/h8-11,13H,4-7H2,1-3H3. The number of aliphatic hydroxyl groups is 1. The lowest BCUT2D eigenvalue weighted by Crippen LogP contribution is -2.47. The molecule has 0 saturated carbocycles. The summed E-state index contributed by atoms with van der Waals surface area (Å²) in [6.07, 6.45) is 1.12. The predicted octanol–water partition coefficient (Wildman–Crippen LogP) is 0.322. The number of piperidine rings is 1. The van der Waals surface area contributed by atoms with Gasteiger partial charge in [-0.2, -0.15) is 17.4 Å². The van der Waals surface area contributed by atoms with Gasteiger partial charge >= 0.3 is 0 Å². The molecule has 16 heavy (non-hydrogen) atoms. The van der Waals surface area contributed by atoms with Gasteiger partial charge in [0.25, 0.3) is 10.2 Å². The quantitative estimate of drug-likeness (QED) is 0.755. The molecule has 0 bridgehead atoms. The summed E-state index contributed by atoms with van der Waals surface area (Å²) in [5, 5.41) is 9.43. The highest BCUT2D eigenvalue weighted by Gasteiger charge is 2.29. The number of nitrogens with zero attached hydrogens (tertiary/aromatic N) is 1. The van der Waals surface area contributed by atoms with Crippen LogP contribution in [0.3, 0.4) is 0 Å². The maximum Gasteiger partial charge on any atom is 0.279 e. The van der Waals surface area contributed by atoms with E-state index in [2.05, 4.69) is 4.72 Å². The molecule has 1 atom stereocenters. The molecule has 1 unspecified atom stereocenters. The first kappa shape index (κ1) is 13.9. The summed E-state index contributed by atoms with van der Waals surface area (Å²) in [7, 11) is -3.33. The lowest BCUT2D eigenvalue weighted by molar-refractivity contribution is 0.0909. The average Bonchev–Trinajstić information content (AvgIpc) is 2.16. The van der Waals surface area contributed by atoms with Gasteiger partial charge in [-0.3, -0.25) is 0 Å². The van der Waals surface area contributed by atoms with Crippen molar-refractivity contribution in [2.45, 2.75) is 45.8 Å². The summed E-state index contributed by atoms with van der Waals surface area (Å²) in [5.41, 5.74) is 0. The molecule has 0 radical (unpaired) electrons. The van der Waals surface area contributed by atoms with Crippen molar-refractivity contribution in [2.75, 3.05) is 13.1 Å². The minimum absolute atomic E-state index is 0.0838. The van der Waals surface area contributed by atoms with E-state index in [0.717, 1.165) is 12.8 Å². The van der Waals surface area contributed by atoms with Crippen LogP contribution in [-0.2, 0) is 10.2 Å². The van der Waals surface area contributed by atoms with Gasteiger partial charge in [-0.15, -0.1) is 0 Å². The van der Waals surface area contributed by atoms with Crippen molar-refractivity contribution >= 4 is 10.2 Å². The van der Waals surface area contributed by atoms with Crippen molar-refractivity contribution in [3.05, 3.63) is 0 Å². The molecule has 0 aromatic carbocycles. The summed E-state index contributed by atoms with van der Waals surface area (Å²) in [5.74, 6) is 0.227. The largest absolute Gasteiger partial charge is 0.393 e. The van der Waals surface area contributed by atoms with E-state index in [1.54, 1.807) is 20.8 Å². The Kier molecular flexibility index (Phi) is 4.73. The maximum atomic E-state index is 11.8. The van der Waals surface area contributed by atoms with E-state index >= 15 is 0 Å². The van der Waals surface area contributed by atoms with E-state index in [9.17, 15) is 13.5 Å². The second-order valence-corrected chi connectivity index (χ2v) is 6.46. The average molecular weight is 250 g/mol. The summed E-state index contributed by atoms with van der Waals surface area (Å²) < 4.78 is 27.7. The molecular weight excluding hydrogens is 228 g/mol. The molecule has 5 nitrogen and oxygen atoms in total. The molecule has 1 fully saturated rings. The van der Waals surface area contributed by atoms with Crippen LogP contribution in [0.2, 0.25) is 0 Å². The van der Waals surface area contributed by atoms with E-state index in [1.165, 1.54) is 4.31 Å². The molecule has 0 aliphatic carbocycles. The molecule has 2 N–H and O–H groups in total. The fourth-order valence-electron chi connectivity index (χ4n) is 1.97. The first-order valence-corrected chi connectivity index (χ1v) is 7.22. The number of hydrogen-bond acceptors (Lipinski definition) is 3. The van der Waals surface area contributed by atoms with Crippen molar-refractivity contribution in [3.63, 3.8) is 0 Å². The highest BCUT2D eigenvalue weighted by molar-refractivity contribution is 7.87. The van der Waals surface area contributed by atoms with Gasteiger partial charge in [0.05, 0.1) is 6.10 Å². The summed E-state index contributed by atoms with van der Waals surface area (Å²) in [4.78, 5) is 0. The van der Waals surface area contributed by atoms with Crippen LogP contribution in [0.4, 0.5) is 0 Å².